The summed E-state index contributed by atoms with van der Waals surface area (Å²) in [6.45, 7) is 0.353. The highest BCUT2D eigenvalue weighted by atomic mass is 79.9. The third kappa shape index (κ3) is 3.41. The van der Waals surface area contributed by atoms with Gasteiger partial charge in [-0.25, -0.2) is 4.57 Å². The summed E-state index contributed by atoms with van der Waals surface area (Å²) < 4.78 is 3.06. The normalized spacial score (nSPS) is 18.9. The first-order valence-electron chi connectivity index (χ1n) is 9.15. The van der Waals surface area contributed by atoms with Crippen LogP contribution >= 0.6 is 27.3 Å². The van der Waals surface area contributed by atoms with E-state index in [-0.39, 0.29) is 5.78 Å². The van der Waals surface area contributed by atoms with Crippen LogP contribution in [0.15, 0.2) is 28.7 Å². The number of carbonyl (C=O) groups excluding carboxylic acids is 1. The average Bonchev–Trinajstić information content (AvgIpc) is 2.90. The number of Topliss-reactive ketones (excluding diaryl/α,β-unsaturated/α-hetero) is 1. The second-order valence-corrected chi connectivity index (χ2v) is 9.59. The molecule has 1 heterocycles. The molecule has 4 rings (SSSR count). The maximum Gasteiger partial charge on any atom is 0.332 e. The first-order chi connectivity index (χ1) is 12.1. The molecule has 1 fully saturated rings. The number of anilines is 1. The van der Waals surface area contributed by atoms with Crippen LogP contribution in [-0.4, -0.2) is 5.78 Å². The van der Waals surface area contributed by atoms with Crippen LogP contribution in [0, 0.1) is 5.41 Å². The van der Waals surface area contributed by atoms with Crippen LogP contribution in [0.3, 0.4) is 0 Å². The molecule has 0 unspecified atom stereocenters. The van der Waals surface area contributed by atoms with E-state index in [0.717, 1.165) is 28.0 Å². The Bertz CT molecular complexity index is 791. The maximum atomic E-state index is 12.7. The molecule has 1 saturated carbocycles. The van der Waals surface area contributed by atoms with E-state index in [0.29, 0.717) is 12.0 Å². The van der Waals surface area contributed by atoms with Crippen LogP contribution in [-0.2, 0) is 19.4 Å². The minimum atomic E-state index is 0.128. The van der Waals surface area contributed by atoms with Gasteiger partial charge in [0.1, 0.15) is 5.69 Å². The zero-order valence-corrected chi connectivity index (χ0v) is 16.8. The van der Waals surface area contributed by atoms with E-state index < -0.39 is 0 Å². The lowest BCUT2D eigenvalue weighted by molar-refractivity contribution is -0.672. The van der Waals surface area contributed by atoms with Crippen LogP contribution in [0.25, 0.3) is 0 Å². The standard InChI is InChI=1S/C20H23BrN2OS/c21-15-6-4-14(5-7-15)17(24)13-23-16-8-11-20(9-2-1-3-10-20)12-18(16)25-19(23)22/h4-7,22H,1-3,8-13H2/p+1. The quantitative estimate of drug-likeness (QED) is 0.578. The summed E-state index contributed by atoms with van der Waals surface area (Å²) >= 11 is 5.12. The Morgan fingerprint density at radius 1 is 1.16 bits per heavy atom. The fraction of sp³-hybridized carbons (Fsp3) is 0.500. The van der Waals surface area contributed by atoms with E-state index in [2.05, 4.69) is 20.5 Å². The number of nitrogen functional groups attached to an aromatic ring is 1. The van der Waals surface area contributed by atoms with Crippen molar-refractivity contribution in [3.8, 4) is 0 Å². The minimum Gasteiger partial charge on any atom is -0.290 e. The number of fused-ring (bicyclic) bond motifs is 1. The van der Waals surface area contributed by atoms with Crippen LogP contribution in [0.1, 0.15) is 59.5 Å². The van der Waals surface area contributed by atoms with Gasteiger partial charge >= 0.3 is 5.13 Å². The minimum absolute atomic E-state index is 0.128. The van der Waals surface area contributed by atoms with Crippen molar-refractivity contribution in [1.29, 1.82) is 0 Å². The molecule has 0 amide bonds. The fourth-order valence-corrected chi connectivity index (χ4v) is 6.03. The molecule has 132 valence electrons. The lowest BCUT2D eigenvalue weighted by atomic mass is 9.66. The van der Waals surface area contributed by atoms with Gasteiger partial charge in [-0.3, -0.25) is 10.5 Å². The molecule has 2 aliphatic rings. The van der Waals surface area contributed by atoms with Gasteiger partial charge in [0.2, 0.25) is 5.78 Å². The molecule has 3 nitrogen and oxygen atoms in total. The summed E-state index contributed by atoms with van der Waals surface area (Å²) in [5, 5.41) is 0.781. The lowest BCUT2D eigenvalue weighted by Gasteiger charge is -2.39. The van der Waals surface area contributed by atoms with Gasteiger partial charge in [0.25, 0.3) is 0 Å². The Balaban J connectivity index is 1.56. The Morgan fingerprint density at radius 2 is 1.88 bits per heavy atom. The SMILES string of the molecule is Nc1sc2c([n+]1CC(=O)c1ccc(Br)cc1)CCC1(CCCCC1)C2. The highest BCUT2D eigenvalue weighted by Crippen LogP contribution is 2.47. The van der Waals surface area contributed by atoms with Gasteiger partial charge in [-0.15, -0.1) is 0 Å². The number of ketones is 1. The van der Waals surface area contributed by atoms with Crippen molar-refractivity contribution < 1.29 is 9.36 Å². The molecule has 0 bridgehead atoms. The van der Waals surface area contributed by atoms with Gasteiger partial charge in [-0.05, 0) is 43.2 Å². The zero-order valence-electron chi connectivity index (χ0n) is 14.4. The number of hydrogen-bond donors (Lipinski definition) is 1. The van der Waals surface area contributed by atoms with Crippen molar-refractivity contribution in [3.63, 3.8) is 0 Å². The van der Waals surface area contributed by atoms with E-state index in [1.165, 1.54) is 49.1 Å². The molecule has 1 spiro atoms. The van der Waals surface area contributed by atoms with Crippen molar-refractivity contribution >= 4 is 38.2 Å². The molecular weight excluding hydrogens is 396 g/mol. The Labute approximate surface area is 161 Å². The van der Waals surface area contributed by atoms with Crippen molar-refractivity contribution in [2.24, 2.45) is 5.41 Å². The summed E-state index contributed by atoms with van der Waals surface area (Å²) in [5.41, 5.74) is 8.88. The van der Waals surface area contributed by atoms with Gasteiger partial charge in [0.15, 0.2) is 6.54 Å². The number of carbonyl (C=O) groups is 1. The van der Waals surface area contributed by atoms with Crippen LogP contribution in [0.5, 0.6) is 0 Å². The van der Waals surface area contributed by atoms with Gasteiger partial charge in [0.05, 0.1) is 4.88 Å². The first-order valence-corrected chi connectivity index (χ1v) is 10.8. The van der Waals surface area contributed by atoms with Crippen molar-refractivity contribution in [2.75, 3.05) is 5.73 Å². The van der Waals surface area contributed by atoms with Crippen LogP contribution < -0.4 is 10.3 Å². The van der Waals surface area contributed by atoms with Crippen LogP contribution in [0.4, 0.5) is 5.13 Å². The molecule has 5 heteroatoms. The number of hydrogen-bond acceptors (Lipinski definition) is 3. The second kappa shape index (κ2) is 6.84. The molecule has 0 radical (unpaired) electrons. The first kappa shape index (κ1) is 17.2. The van der Waals surface area contributed by atoms with Gasteiger partial charge in [-0.2, -0.15) is 0 Å². The molecule has 0 atom stereocenters. The molecule has 2 aliphatic carbocycles. The van der Waals surface area contributed by atoms with Gasteiger partial charge in [0, 0.05) is 16.5 Å². The number of rotatable bonds is 3. The van der Waals surface area contributed by atoms with E-state index in [9.17, 15) is 4.79 Å². The van der Waals surface area contributed by atoms with Crippen molar-refractivity contribution in [2.45, 2.75) is 57.9 Å². The third-order valence-electron chi connectivity index (χ3n) is 5.95. The number of halogens is 1. The monoisotopic (exact) mass is 419 g/mol. The molecule has 1 aromatic carbocycles. The Hall–Kier alpha value is -1.20. The van der Waals surface area contributed by atoms with Gasteiger partial charge in [-0.1, -0.05) is 58.7 Å². The highest BCUT2D eigenvalue weighted by Gasteiger charge is 2.39. The number of aromatic nitrogens is 1. The molecule has 25 heavy (non-hydrogen) atoms. The Morgan fingerprint density at radius 3 is 2.60 bits per heavy atom. The number of nitrogens with zero attached hydrogens (tertiary/aromatic N) is 1. The molecule has 0 saturated heterocycles. The summed E-state index contributed by atoms with van der Waals surface area (Å²) in [5.74, 6) is 0.128. The summed E-state index contributed by atoms with van der Waals surface area (Å²) in [6, 6.07) is 7.58. The maximum absolute atomic E-state index is 12.7. The topological polar surface area (TPSA) is 47.0 Å². The van der Waals surface area contributed by atoms with E-state index in [1.54, 1.807) is 11.3 Å². The van der Waals surface area contributed by atoms with Crippen molar-refractivity contribution in [1.82, 2.24) is 0 Å². The fourth-order valence-electron chi connectivity index (χ4n) is 4.52. The zero-order chi connectivity index (χ0) is 17.4. The smallest absolute Gasteiger partial charge is 0.290 e. The molecule has 1 aromatic heterocycles. The number of thiazole rings is 1. The predicted octanol–water partition coefficient (Wildman–Crippen LogP) is 4.70. The number of benzene rings is 1. The third-order valence-corrected chi connectivity index (χ3v) is 7.54. The second-order valence-electron chi connectivity index (χ2n) is 7.56. The van der Waals surface area contributed by atoms with Gasteiger partial charge < -0.3 is 0 Å². The largest absolute Gasteiger partial charge is 0.332 e. The molecule has 0 aliphatic heterocycles. The van der Waals surface area contributed by atoms with E-state index in [1.807, 2.05) is 24.3 Å². The molecule has 2 N–H and O–H groups in total. The molecular formula is C20H24BrN2OS+. The Kier molecular flexibility index (Phi) is 4.71. The summed E-state index contributed by atoms with van der Waals surface area (Å²) in [4.78, 5) is 14.1. The highest BCUT2D eigenvalue weighted by molar-refractivity contribution is 9.10. The van der Waals surface area contributed by atoms with Crippen molar-refractivity contribution in [3.05, 3.63) is 44.9 Å². The van der Waals surface area contributed by atoms with Crippen LogP contribution in [0.2, 0.25) is 0 Å². The predicted molar refractivity (Wildman–Crippen MR) is 105 cm³/mol. The van der Waals surface area contributed by atoms with E-state index in [4.69, 9.17) is 5.73 Å². The van der Waals surface area contributed by atoms with E-state index >= 15 is 0 Å². The lowest BCUT2D eigenvalue weighted by Crippen LogP contribution is -2.44. The average molecular weight is 420 g/mol. The summed E-state index contributed by atoms with van der Waals surface area (Å²) in [7, 11) is 0. The number of nitrogens with two attached hydrogens (primary N) is 1. The summed E-state index contributed by atoms with van der Waals surface area (Å²) in [6.07, 6.45) is 10.3. The molecule has 2 aromatic rings.